The lowest BCUT2D eigenvalue weighted by atomic mass is 10.1. The summed E-state index contributed by atoms with van der Waals surface area (Å²) >= 11 is 0. The number of para-hydroxylation sites is 1. The summed E-state index contributed by atoms with van der Waals surface area (Å²) in [6, 6.07) is 13.4. The van der Waals surface area contributed by atoms with E-state index in [0.717, 1.165) is 5.56 Å². The fourth-order valence-electron chi connectivity index (χ4n) is 2.36. The second-order valence-corrected chi connectivity index (χ2v) is 6.17. The molecule has 0 saturated heterocycles. The topological polar surface area (TPSA) is 123 Å². The average Bonchev–Trinajstić information content (AvgIpc) is 2.80. The first kappa shape index (κ1) is 23.1. The molecule has 9 heteroatoms. The summed E-state index contributed by atoms with van der Waals surface area (Å²) in [5.41, 5.74) is 1.13. The normalized spacial score (nSPS) is 10.3. The van der Waals surface area contributed by atoms with Gasteiger partial charge in [0.25, 0.3) is 5.91 Å². The number of hydrogen-bond acceptors (Lipinski definition) is 6. The smallest absolute Gasteiger partial charge is 0.340 e. The Bertz CT molecular complexity index is 969. The maximum Gasteiger partial charge on any atom is 0.340 e. The number of nitrogens with one attached hydrogen (secondary N) is 3. The monoisotopic (exact) mass is 425 g/mol. The van der Waals surface area contributed by atoms with Crippen LogP contribution in [0.15, 0.2) is 54.6 Å². The summed E-state index contributed by atoms with van der Waals surface area (Å²) in [5, 5.41) is 7.28. The highest BCUT2D eigenvalue weighted by atomic mass is 16.5. The van der Waals surface area contributed by atoms with Crippen molar-refractivity contribution < 1.29 is 28.7 Å². The highest BCUT2D eigenvalue weighted by Gasteiger charge is 2.15. The Balaban J connectivity index is 1.94. The molecular formula is C22H23N3O6. The van der Waals surface area contributed by atoms with Gasteiger partial charge in [0.05, 0.1) is 24.9 Å². The number of amides is 3. The third kappa shape index (κ3) is 7.65. The number of carbonyl (C=O) groups excluding carboxylic acids is 4. The third-order valence-electron chi connectivity index (χ3n) is 4.01. The molecule has 0 heterocycles. The van der Waals surface area contributed by atoms with Crippen LogP contribution in [0.5, 0.6) is 5.75 Å². The number of ether oxygens (including phenoxy) is 2. The minimum Gasteiger partial charge on any atom is -0.497 e. The summed E-state index contributed by atoms with van der Waals surface area (Å²) in [4.78, 5) is 47.4. The summed E-state index contributed by atoms with van der Waals surface area (Å²) < 4.78 is 10.0. The van der Waals surface area contributed by atoms with E-state index in [1.165, 1.54) is 19.2 Å². The summed E-state index contributed by atoms with van der Waals surface area (Å²) in [6.07, 6.45) is 2.95. The van der Waals surface area contributed by atoms with Gasteiger partial charge in [0.15, 0.2) is 6.61 Å². The Kier molecular flexibility index (Phi) is 8.78. The van der Waals surface area contributed by atoms with Crippen LogP contribution >= 0.6 is 0 Å². The van der Waals surface area contributed by atoms with Crippen LogP contribution in [0.4, 0.5) is 5.69 Å². The van der Waals surface area contributed by atoms with Gasteiger partial charge in [0, 0.05) is 13.1 Å². The van der Waals surface area contributed by atoms with Crippen LogP contribution in [-0.2, 0) is 19.1 Å². The van der Waals surface area contributed by atoms with Gasteiger partial charge in [-0.1, -0.05) is 24.3 Å². The predicted octanol–water partition coefficient (Wildman–Crippen LogP) is 1.37. The molecule has 3 N–H and O–H groups in total. The molecule has 0 unspecified atom stereocenters. The lowest BCUT2D eigenvalue weighted by Gasteiger charge is -2.10. The van der Waals surface area contributed by atoms with Crippen LogP contribution in [0, 0.1) is 0 Å². The summed E-state index contributed by atoms with van der Waals surface area (Å²) in [5.74, 6) is -1.53. The first-order valence-corrected chi connectivity index (χ1v) is 9.29. The average molecular weight is 425 g/mol. The van der Waals surface area contributed by atoms with Gasteiger partial charge >= 0.3 is 5.97 Å². The van der Waals surface area contributed by atoms with Crippen LogP contribution in [0.25, 0.3) is 6.08 Å². The van der Waals surface area contributed by atoms with Gasteiger partial charge < -0.3 is 25.4 Å². The zero-order valence-corrected chi connectivity index (χ0v) is 17.1. The van der Waals surface area contributed by atoms with Gasteiger partial charge in [0.2, 0.25) is 11.8 Å². The van der Waals surface area contributed by atoms with Gasteiger partial charge in [-0.2, -0.15) is 0 Å². The van der Waals surface area contributed by atoms with E-state index in [-0.39, 0.29) is 23.7 Å². The molecule has 0 radical (unpaired) electrons. The van der Waals surface area contributed by atoms with Gasteiger partial charge in [-0.25, -0.2) is 4.79 Å². The van der Waals surface area contributed by atoms with E-state index in [4.69, 9.17) is 9.47 Å². The van der Waals surface area contributed by atoms with Crippen molar-refractivity contribution >= 4 is 35.5 Å². The molecule has 0 bridgehead atoms. The fraction of sp³-hybridized carbons (Fsp3) is 0.182. The summed E-state index contributed by atoms with van der Waals surface area (Å²) in [6.45, 7) is -0.782. The van der Waals surface area contributed by atoms with Crippen molar-refractivity contribution in [3.63, 3.8) is 0 Å². The van der Waals surface area contributed by atoms with Crippen molar-refractivity contribution in [2.75, 3.05) is 32.6 Å². The van der Waals surface area contributed by atoms with Crippen molar-refractivity contribution in [3.05, 3.63) is 65.7 Å². The van der Waals surface area contributed by atoms with Gasteiger partial charge in [-0.15, -0.1) is 0 Å². The number of methoxy groups -OCH3 is 1. The molecule has 0 aromatic heterocycles. The van der Waals surface area contributed by atoms with E-state index in [9.17, 15) is 19.2 Å². The zero-order valence-electron chi connectivity index (χ0n) is 17.1. The van der Waals surface area contributed by atoms with Crippen LogP contribution < -0.4 is 20.7 Å². The van der Waals surface area contributed by atoms with Crippen LogP contribution in [0.3, 0.4) is 0 Å². The maximum atomic E-state index is 12.3. The SMILES string of the molecule is CNC(=O)CNC(=O)COC(=O)c1ccccc1NC(=O)/C=C/c1ccc(OC)cc1. The molecule has 31 heavy (non-hydrogen) atoms. The first-order valence-electron chi connectivity index (χ1n) is 9.29. The minimum atomic E-state index is -0.787. The molecule has 0 aliphatic heterocycles. The second kappa shape index (κ2) is 11.8. The lowest BCUT2D eigenvalue weighted by molar-refractivity contribution is -0.127. The van der Waals surface area contributed by atoms with Gasteiger partial charge in [0.1, 0.15) is 5.75 Å². The van der Waals surface area contributed by atoms with E-state index >= 15 is 0 Å². The summed E-state index contributed by atoms with van der Waals surface area (Å²) in [7, 11) is 3.00. The van der Waals surface area contributed by atoms with Gasteiger partial charge in [-0.3, -0.25) is 14.4 Å². The molecule has 0 atom stereocenters. The van der Waals surface area contributed by atoms with E-state index in [0.29, 0.717) is 5.75 Å². The molecule has 0 aliphatic rings. The van der Waals surface area contributed by atoms with Crippen LogP contribution in [-0.4, -0.2) is 51.0 Å². The first-order chi connectivity index (χ1) is 14.9. The molecule has 2 aromatic carbocycles. The Morgan fingerprint density at radius 3 is 2.35 bits per heavy atom. The quantitative estimate of drug-likeness (QED) is 0.412. The van der Waals surface area contributed by atoms with E-state index < -0.39 is 24.4 Å². The molecule has 2 aromatic rings. The molecular weight excluding hydrogens is 402 g/mol. The Hall–Kier alpha value is -4.14. The van der Waals surface area contributed by atoms with Crippen LogP contribution in [0.2, 0.25) is 0 Å². The highest BCUT2D eigenvalue weighted by molar-refractivity contribution is 6.06. The van der Waals surface area contributed by atoms with Crippen molar-refractivity contribution in [1.82, 2.24) is 10.6 Å². The zero-order chi connectivity index (χ0) is 22.6. The molecule has 0 aliphatic carbocycles. The van der Waals surface area contributed by atoms with E-state index in [2.05, 4.69) is 16.0 Å². The lowest BCUT2D eigenvalue weighted by Crippen LogP contribution is -2.37. The minimum absolute atomic E-state index is 0.0906. The molecule has 0 fully saturated rings. The fourth-order valence-corrected chi connectivity index (χ4v) is 2.36. The molecule has 3 amide bonds. The molecule has 0 spiro atoms. The van der Waals surface area contributed by atoms with Crippen molar-refractivity contribution in [2.24, 2.45) is 0 Å². The van der Waals surface area contributed by atoms with Gasteiger partial charge in [-0.05, 0) is 35.9 Å². The van der Waals surface area contributed by atoms with E-state index in [1.807, 2.05) is 0 Å². The van der Waals surface area contributed by atoms with Crippen molar-refractivity contribution in [3.8, 4) is 5.75 Å². The highest BCUT2D eigenvalue weighted by Crippen LogP contribution is 2.17. The predicted molar refractivity (Wildman–Crippen MR) is 114 cm³/mol. The number of likely N-dealkylation sites (N-methyl/N-ethyl adjacent to an activating group) is 1. The number of esters is 1. The molecule has 0 saturated carbocycles. The largest absolute Gasteiger partial charge is 0.497 e. The molecule has 2 rings (SSSR count). The molecule has 9 nitrogen and oxygen atoms in total. The van der Waals surface area contributed by atoms with Crippen molar-refractivity contribution in [1.29, 1.82) is 0 Å². The number of rotatable bonds is 9. The standard InChI is InChI=1S/C22H23N3O6/c1-23-20(27)13-24-21(28)14-31-22(29)17-5-3-4-6-18(17)25-19(26)12-9-15-7-10-16(30-2)11-8-15/h3-12H,13-14H2,1-2H3,(H,23,27)(H,24,28)(H,25,26)/b12-9+. The second-order valence-electron chi connectivity index (χ2n) is 6.17. The van der Waals surface area contributed by atoms with Crippen molar-refractivity contribution in [2.45, 2.75) is 0 Å². The maximum absolute atomic E-state index is 12.3. The Morgan fingerprint density at radius 1 is 0.968 bits per heavy atom. The number of benzene rings is 2. The Labute approximate surface area is 179 Å². The molecule has 162 valence electrons. The number of carbonyl (C=O) groups is 4. The number of anilines is 1. The van der Waals surface area contributed by atoms with E-state index in [1.54, 1.807) is 55.7 Å². The Morgan fingerprint density at radius 2 is 1.68 bits per heavy atom. The number of hydrogen-bond donors (Lipinski definition) is 3. The van der Waals surface area contributed by atoms with Crippen LogP contribution in [0.1, 0.15) is 15.9 Å². The third-order valence-corrected chi connectivity index (χ3v) is 4.01.